The number of nitrogens with zero attached hydrogens (tertiary/aromatic N) is 4. The van der Waals surface area contributed by atoms with Gasteiger partial charge < -0.3 is 10.1 Å². The van der Waals surface area contributed by atoms with Crippen molar-refractivity contribution in [2.75, 3.05) is 0 Å². The summed E-state index contributed by atoms with van der Waals surface area (Å²) in [6.45, 7) is 0. The summed E-state index contributed by atoms with van der Waals surface area (Å²) in [4.78, 5) is 19.5. The lowest BCUT2D eigenvalue weighted by atomic mass is 10.1. The van der Waals surface area contributed by atoms with Crippen molar-refractivity contribution in [3.8, 4) is 5.69 Å². The normalized spacial score (nSPS) is 11.4. The number of hydrogen-bond acceptors (Lipinski definition) is 5. The molecule has 0 bridgehead atoms. The number of rotatable bonds is 3. The molecule has 0 saturated carbocycles. The lowest BCUT2D eigenvalue weighted by Crippen LogP contribution is -2.08. The molecule has 1 heterocycles. The van der Waals surface area contributed by atoms with Crippen LogP contribution in [0.1, 0.15) is 5.56 Å². The molecule has 1 aromatic heterocycles. The van der Waals surface area contributed by atoms with Gasteiger partial charge in [-0.1, -0.05) is 0 Å². The first-order valence-corrected chi connectivity index (χ1v) is 5.26. The predicted octanol–water partition coefficient (Wildman–Crippen LogP) is 2.71. The van der Waals surface area contributed by atoms with Crippen LogP contribution in [0.15, 0.2) is 30.5 Å². The molecule has 0 radical (unpaired) electrons. The SMILES string of the molecule is O=[N+]([O-])c1ccn(-c2ccc(C(F)(F)F)cc2[N+](=O)[O-])n1. The number of hydrogen-bond donors (Lipinski definition) is 0. The Morgan fingerprint density at radius 2 is 1.76 bits per heavy atom. The minimum atomic E-state index is -4.74. The van der Waals surface area contributed by atoms with Crippen LogP contribution in [0, 0.1) is 20.2 Å². The highest BCUT2D eigenvalue weighted by molar-refractivity contribution is 5.54. The molecule has 0 amide bonds. The van der Waals surface area contributed by atoms with Gasteiger partial charge in [0.2, 0.25) is 0 Å². The van der Waals surface area contributed by atoms with Gasteiger partial charge in [0.15, 0.2) is 5.69 Å². The van der Waals surface area contributed by atoms with E-state index in [-0.39, 0.29) is 5.69 Å². The summed E-state index contributed by atoms with van der Waals surface area (Å²) in [5.74, 6) is -0.579. The van der Waals surface area contributed by atoms with Gasteiger partial charge in [0.05, 0.1) is 27.8 Å². The third-order valence-electron chi connectivity index (χ3n) is 2.51. The van der Waals surface area contributed by atoms with Crippen molar-refractivity contribution in [3.05, 3.63) is 56.3 Å². The first kappa shape index (κ1) is 14.4. The van der Waals surface area contributed by atoms with Gasteiger partial charge in [-0.15, -0.1) is 4.68 Å². The first-order valence-electron chi connectivity index (χ1n) is 5.26. The lowest BCUT2D eigenvalue weighted by Gasteiger charge is -2.07. The van der Waals surface area contributed by atoms with Crippen LogP contribution in [0.3, 0.4) is 0 Å². The van der Waals surface area contributed by atoms with Crippen molar-refractivity contribution >= 4 is 11.5 Å². The number of nitro groups is 2. The molecule has 2 aromatic rings. The van der Waals surface area contributed by atoms with E-state index in [9.17, 15) is 33.4 Å². The highest BCUT2D eigenvalue weighted by Gasteiger charge is 2.33. The second kappa shape index (κ2) is 4.85. The van der Waals surface area contributed by atoms with E-state index in [0.717, 1.165) is 23.0 Å². The van der Waals surface area contributed by atoms with E-state index in [1.54, 1.807) is 0 Å². The molecule has 0 aliphatic carbocycles. The number of alkyl halides is 3. The van der Waals surface area contributed by atoms with E-state index in [0.29, 0.717) is 12.1 Å². The van der Waals surface area contributed by atoms with Gasteiger partial charge in [-0.05, 0) is 17.1 Å². The number of halogens is 3. The highest BCUT2D eigenvalue weighted by Crippen LogP contribution is 2.34. The smallest absolute Gasteiger partial charge is 0.358 e. The molecule has 0 saturated heterocycles. The molecule has 0 spiro atoms. The molecule has 2 rings (SSSR count). The van der Waals surface area contributed by atoms with E-state index < -0.39 is 33.1 Å². The first-order chi connectivity index (χ1) is 9.70. The van der Waals surface area contributed by atoms with Gasteiger partial charge in [-0.25, -0.2) is 0 Å². The molecule has 8 nitrogen and oxygen atoms in total. The summed E-state index contributed by atoms with van der Waals surface area (Å²) >= 11 is 0. The van der Waals surface area contributed by atoms with Gasteiger partial charge in [0.25, 0.3) is 5.69 Å². The van der Waals surface area contributed by atoms with Gasteiger partial charge >= 0.3 is 12.0 Å². The van der Waals surface area contributed by atoms with Crippen molar-refractivity contribution < 1.29 is 23.0 Å². The molecule has 0 unspecified atom stereocenters. The van der Waals surface area contributed by atoms with Crippen LogP contribution in [-0.2, 0) is 6.18 Å². The van der Waals surface area contributed by atoms with E-state index >= 15 is 0 Å². The third kappa shape index (κ3) is 2.80. The Kier molecular flexibility index (Phi) is 3.33. The predicted molar refractivity (Wildman–Crippen MR) is 61.9 cm³/mol. The third-order valence-corrected chi connectivity index (χ3v) is 2.51. The maximum absolute atomic E-state index is 12.5. The van der Waals surface area contributed by atoms with Crippen LogP contribution in [0.5, 0.6) is 0 Å². The number of benzene rings is 1. The molecule has 0 aliphatic rings. The maximum Gasteiger partial charge on any atom is 0.416 e. The van der Waals surface area contributed by atoms with Crippen LogP contribution in [0.25, 0.3) is 5.69 Å². The Hall–Kier alpha value is -2.98. The second-order valence-electron chi connectivity index (χ2n) is 3.83. The lowest BCUT2D eigenvalue weighted by molar-refractivity contribution is -0.389. The van der Waals surface area contributed by atoms with Crippen LogP contribution < -0.4 is 0 Å². The Labute approximate surface area is 113 Å². The molecule has 110 valence electrons. The summed E-state index contributed by atoms with van der Waals surface area (Å²) in [5.41, 5.74) is -2.36. The quantitative estimate of drug-likeness (QED) is 0.640. The summed E-state index contributed by atoms with van der Waals surface area (Å²) in [5, 5.41) is 24.8. The molecule has 1 aromatic carbocycles. The summed E-state index contributed by atoms with van der Waals surface area (Å²) in [6, 6.07) is 2.79. The average Bonchev–Trinajstić information content (AvgIpc) is 2.86. The largest absolute Gasteiger partial charge is 0.416 e. The van der Waals surface area contributed by atoms with Crippen LogP contribution in [0.2, 0.25) is 0 Å². The molecule has 0 N–H and O–H groups in total. The topological polar surface area (TPSA) is 104 Å². The summed E-state index contributed by atoms with van der Waals surface area (Å²) in [7, 11) is 0. The van der Waals surface area contributed by atoms with Crippen molar-refractivity contribution in [2.24, 2.45) is 0 Å². The molecule has 0 atom stereocenters. The molecule has 0 aliphatic heterocycles. The fourth-order valence-electron chi connectivity index (χ4n) is 1.59. The van der Waals surface area contributed by atoms with Gasteiger partial charge in [0, 0.05) is 6.07 Å². The minimum absolute atomic E-state index is 0.305. The summed E-state index contributed by atoms with van der Waals surface area (Å²) < 4.78 is 38.4. The summed E-state index contributed by atoms with van der Waals surface area (Å²) in [6.07, 6.45) is -3.69. The van der Waals surface area contributed by atoms with Crippen LogP contribution in [0.4, 0.5) is 24.7 Å². The maximum atomic E-state index is 12.5. The zero-order valence-electron chi connectivity index (χ0n) is 9.94. The number of aromatic nitrogens is 2. The molecule has 0 fully saturated rings. The molecule has 21 heavy (non-hydrogen) atoms. The second-order valence-corrected chi connectivity index (χ2v) is 3.83. The molecular formula is C10H5F3N4O4. The van der Waals surface area contributed by atoms with E-state index in [4.69, 9.17) is 0 Å². The fraction of sp³-hybridized carbons (Fsp3) is 0.100. The number of nitro benzene ring substituents is 1. The Morgan fingerprint density at radius 1 is 1.10 bits per heavy atom. The monoisotopic (exact) mass is 302 g/mol. The van der Waals surface area contributed by atoms with Gasteiger partial charge in [0.1, 0.15) is 0 Å². The van der Waals surface area contributed by atoms with Crippen LogP contribution in [-0.4, -0.2) is 19.6 Å². The van der Waals surface area contributed by atoms with Crippen molar-refractivity contribution in [1.29, 1.82) is 0 Å². The van der Waals surface area contributed by atoms with E-state index in [1.165, 1.54) is 0 Å². The van der Waals surface area contributed by atoms with Gasteiger partial charge in [-0.2, -0.15) is 13.2 Å². The molecular weight excluding hydrogens is 297 g/mol. The molecule has 11 heteroatoms. The highest BCUT2D eigenvalue weighted by atomic mass is 19.4. The van der Waals surface area contributed by atoms with E-state index in [2.05, 4.69) is 5.10 Å². The van der Waals surface area contributed by atoms with E-state index in [1.807, 2.05) is 0 Å². The Bertz CT molecular complexity index is 725. The van der Waals surface area contributed by atoms with Crippen LogP contribution >= 0.6 is 0 Å². The zero-order chi connectivity index (χ0) is 15.8. The standard InChI is InChI=1S/C10H5F3N4O4/c11-10(12,13)6-1-2-7(8(5-6)16(18)19)15-4-3-9(14-15)17(20)21/h1-5H. The zero-order valence-corrected chi connectivity index (χ0v) is 9.94. The van der Waals surface area contributed by atoms with Gasteiger partial charge in [-0.3, -0.25) is 10.1 Å². The van der Waals surface area contributed by atoms with Crippen molar-refractivity contribution in [3.63, 3.8) is 0 Å². The fourth-order valence-corrected chi connectivity index (χ4v) is 1.59. The minimum Gasteiger partial charge on any atom is -0.358 e. The Balaban J connectivity index is 2.57. The van der Waals surface area contributed by atoms with Crippen molar-refractivity contribution in [2.45, 2.75) is 6.18 Å². The Morgan fingerprint density at radius 3 is 2.24 bits per heavy atom. The average molecular weight is 302 g/mol. The van der Waals surface area contributed by atoms with Crippen molar-refractivity contribution in [1.82, 2.24) is 9.78 Å².